The van der Waals surface area contributed by atoms with Crippen LogP contribution in [-0.2, 0) is 4.74 Å². The summed E-state index contributed by atoms with van der Waals surface area (Å²) in [5, 5.41) is 14.0. The molecule has 1 aliphatic heterocycles. The topological polar surface area (TPSA) is 115 Å². The first-order chi connectivity index (χ1) is 13.5. The zero-order chi connectivity index (χ0) is 20.1. The number of rotatable bonds is 6. The molecule has 0 atom stereocenters. The molecule has 0 saturated carbocycles. The minimum Gasteiger partial charge on any atom is -0.462 e. The molecule has 146 valence electrons. The molecule has 1 aliphatic rings. The summed E-state index contributed by atoms with van der Waals surface area (Å²) in [6.07, 6.45) is 3.35. The predicted molar refractivity (Wildman–Crippen MR) is 103 cm³/mol. The van der Waals surface area contributed by atoms with Crippen LogP contribution in [-0.4, -0.2) is 41.5 Å². The highest BCUT2D eigenvalue weighted by Crippen LogP contribution is 2.31. The van der Waals surface area contributed by atoms with Crippen LogP contribution in [0.5, 0.6) is 0 Å². The molecule has 2 aromatic rings. The van der Waals surface area contributed by atoms with Crippen molar-refractivity contribution in [3.8, 4) is 0 Å². The largest absolute Gasteiger partial charge is 0.462 e. The Hall–Kier alpha value is -3.49. The van der Waals surface area contributed by atoms with E-state index >= 15 is 0 Å². The summed E-state index contributed by atoms with van der Waals surface area (Å²) in [6.45, 7) is 3.45. The van der Waals surface area contributed by atoms with Gasteiger partial charge in [0.25, 0.3) is 11.6 Å². The predicted octanol–water partition coefficient (Wildman–Crippen LogP) is 3.02. The van der Waals surface area contributed by atoms with Gasteiger partial charge < -0.3 is 15.0 Å². The zero-order valence-corrected chi connectivity index (χ0v) is 15.4. The summed E-state index contributed by atoms with van der Waals surface area (Å²) < 4.78 is 4.92. The first-order valence-electron chi connectivity index (χ1n) is 8.97. The molecule has 3 rings (SSSR count). The Kier molecular flexibility index (Phi) is 5.83. The highest BCUT2D eigenvalue weighted by atomic mass is 16.6. The van der Waals surface area contributed by atoms with E-state index < -0.39 is 16.8 Å². The van der Waals surface area contributed by atoms with E-state index in [9.17, 15) is 19.7 Å². The maximum absolute atomic E-state index is 12.5. The lowest BCUT2D eigenvalue weighted by atomic mass is 10.1. The van der Waals surface area contributed by atoms with E-state index in [4.69, 9.17) is 4.74 Å². The summed E-state index contributed by atoms with van der Waals surface area (Å²) in [6, 6.07) is 7.27. The van der Waals surface area contributed by atoms with E-state index in [-0.39, 0.29) is 29.2 Å². The Morgan fingerprint density at radius 2 is 1.96 bits per heavy atom. The molecule has 0 radical (unpaired) electrons. The lowest BCUT2D eigenvalue weighted by Gasteiger charge is -2.17. The number of carbonyl (C=O) groups is 2. The fourth-order valence-electron chi connectivity index (χ4n) is 3.07. The van der Waals surface area contributed by atoms with Crippen LogP contribution in [0.25, 0.3) is 0 Å². The fraction of sp³-hybridized carbons (Fsp3) is 0.316. The number of carbonyl (C=O) groups excluding carboxylic acids is 2. The third kappa shape index (κ3) is 4.25. The monoisotopic (exact) mass is 384 g/mol. The number of esters is 1. The van der Waals surface area contributed by atoms with Gasteiger partial charge in [0.05, 0.1) is 17.1 Å². The molecule has 9 heteroatoms. The number of ether oxygens (including phenoxy) is 1. The average Bonchev–Trinajstić information content (AvgIpc) is 3.22. The quantitative estimate of drug-likeness (QED) is 0.462. The molecule has 1 aromatic carbocycles. The van der Waals surface area contributed by atoms with Gasteiger partial charge in [-0.05, 0) is 44.0 Å². The third-order valence-corrected chi connectivity index (χ3v) is 4.39. The molecular formula is C19H20N4O5. The molecule has 2 heterocycles. The second kappa shape index (κ2) is 8.47. The minimum absolute atomic E-state index is 0.109. The van der Waals surface area contributed by atoms with Crippen molar-refractivity contribution in [1.82, 2.24) is 4.98 Å². The average molecular weight is 384 g/mol. The number of nitrogens with zero attached hydrogens (tertiary/aromatic N) is 3. The highest BCUT2D eigenvalue weighted by Gasteiger charge is 2.24. The van der Waals surface area contributed by atoms with Gasteiger partial charge in [-0.3, -0.25) is 14.9 Å². The van der Waals surface area contributed by atoms with Gasteiger partial charge >= 0.3 is 5.97 Å². The zero-order valence-electron chi connectivity index (χ0n) is 15.4. The molecule has 0 aliphatic carbocycles. The van der Waals surface area contributed by atoms with Crippen molar-refractivity contribution in [1.29, 1.82) is 0 Å². The standard InChI is InChI=1S/C19H20N4O5/c1-2-28-19(25)14-7-8-20-17(12-14)21-18(24)13-5-6-15(16(11-13)23(26)27)22-9-3-4-10-22/h5-8,11-12H,2-4,9-10H2,1H3,(H,20,21,24). The smallest absolute Gasteiger partial charge is 0.338 e. The van der Waals surface area contributed by atoms with Crippen molar-refractivity contribution < 1.29 is 19.2 Å². The molecule has 0 bridgehead atoms. The van der Waals surface area contributed by atoms with Crippen molar-refractivity contribution in [2.45, 2.75) is 19.8 Å². The van der Waals surface area contributed by atoms with Crippen LogP contribution in [0, 0.1) is 10.1 Å². The van der Waals surface area contributed by atoms with Gasteiger partial charge in [0.15, 0.2) is 0 Å². The second-order valence-electron chi connectivity index (χ2n) is 6.26. The lowest BCUT2D eigenvalue weighted by Crippen LogP contribution is -2.20. The Morgan fingerprint density at radius 3 is 2.64 bits per heavy atom. The van der Waals surface area contributed by atoms with E-state index in [0.29, 0.717) is 5.69 Å². The number of nitro groups is 1. The Balaban J connectivity index is 1.81. The van der Waals surface area contributed by atoms with E-state index in [1.807, 2.05) is 4.90 Å². The third-order valence-electron chi connectivity index (χ3n) is 4.39. The summed E-state index contributed by atoms with van der Waals surface area (Å²) in [5.74, 6) is -0.919. The van der Waals surface area contributed by atoms with Crippen LogP contribution >= 0.6 is 0 Å². The van der Waals surface area contributed by atoms with Gasteiger partial charge in [0.1, 0.15) is 11.5 Å². The number of anilines is 2. The van der Waals surface area contributed by atoms with Crippen molar-refractivity contribution in [3.63, 3.8) is 0 Å². The fourth-order valence-corrected chi connectivity index (χ4v) is 3.07. The van der Waals surface area contributed by atoms with Gasteiger partial charge in [0, 0.05) is 30.9 Å². The summed E-state index contributed by atoms with van der Waals surface area (Å²) in [4.78, 5) is 41.3. The number of nitro benzene ring substituents is 1. The lowest BCUT2D eigenvalue weighted by molar-refractivity contribution is -0.384. The molecule has 9 nitrogen and oxygen atoms in total. The number of amides is 1. The maximum Gasteiger partial charge on any atom is 0.338 e. The van der Waals surface area contributed by atoms with Gasteiger partial charge in [0.2, 0.25) is 0 Å². The van der Waals surface area contributed by atoms with Crippen LogP contribution in [0.1, 0.15) is 40.5 Å². The molecule has 1 amide bonds. The van der Waals surface area contributed by atoms with Crippen molar-refractivity contribution >= 4 is 29.1 Å². The first kappa shape index (κ1) is 19.3. The van der Waals surface area contributed by atoms with E-state index in [2.05, 4.69) is 10.3 Å². The molecular weight excluding hydrogens is 364 g/mol. The van der Waals surface area contributed by atoms with Crippen molar-refractivity contribution in [2.24, 2.45) is 0 Å². The normalized spacial score (nSPS) is 13.2. The summed E-state index contributed by atoms with van der Waals surface area (Å²) in [5.41, 5.74) is 0.796. The molecule has 0 unspecified atom stereocenters. The van der Waals surface area contributed by atoms with E-state index in [1.54, 1.807) is 19.1 Å². The number of hydrogen-bond donors (Lipinski definition) is 1. The van der Waals surface area contributed by atoms with Gasteiger partial charge in [-0.25, -0.2) is 9.78 Å². The minimum atomic E-state index is -0.551. The number of pyridine rings is 1. The molecule has 28 heavy (non-hydrogen) atoms. The number of hydrogen-bond acceptors (Lipinski definition) is 7. The van der Waals surface area contributed by atoms with Crippen LogP contribution in [0.4, 0.5) is 17.2 Å². The number of aromatic nitrogens is 1. The Labute approximate surface area is 161 Å². The van der Waals surface area contributed by atoms with Crippen LogP contribution < -0.4 is 10.2 Å². The Bertz CT molecular complexity index is 909. The van der Waals surface area contributed by atoms with Crippen molar-refractivity contribution in [2.75, 3.05) is 29.9 Å². The maximum atomic E-state index is 12.5. The number of benzene rings is 1. The van der Waals surface area contributed by atoms with Crippen LogP contribution in [0.15, 0.2) is 36.5 Å². The van der Waals surface area contributed by atoms with Crippen LogP contribution in [0.2, 0.25) is 0 Å². The molecule has 1 N–H and O–H groups in total. The van der Waals surface area contributed by atoms with Gasteiger partial charge in [-0.2, -0.15) is 0 Å². The molecule has 1 saturated heterocycles. The highest BCUT2D eigenvalue weighted by molar-refractivity contribution is 6.05. The Morgan fingerprint density at radius 1 is 1.21 bits per heavy atom. The molecule has 1 fully saturated rings. The molecule has 1 aromatic heterocycles. The van der Waals surface area contributed by atoms with Gasteiger partial charge in [-0.15, -0.1) is 0 Å². The second-order valence-corrected chi connectivity index (χ2v) is 6.26. The van der Waals surface area contributed by atoms with Gasteiger partial charge in [-0.1, -0.05) is 0 Å². The van der Waals surface area contributed by atoms with Crippen LogP contribution in [0.3, 0.4) is 0 Å². The van der Waals surface area contributed by atoms with E-state index in [1.165, 1.54) is 24.4 Å². The van der Waals surface area contributed by atoms with E-state index in [0.717, 1.165) is 25.9 Å². The molecule has 0 spiro atoms. The SMILES string of the molecule is CCOC(=O)c1ccnc(NC(=O)c2ccc(N3CCCC3)c([N+](=O)[O-])c2)c1. The first-order valence-corrected chi connectivity index (χ1v) is 8.97. The summed E-state index contributed by atoms with van der Waals surface area (Å²) in [7, 11) is 0. The number of nitrogens with one attached hydrogen (secondary N) is 1. The van der Waals surface area contributed by atoms with Crippen molar-refractivity contribution in [3.05, 3.63) is 57.8 Å². The summed E-state index contributed by atoms with van der Waals surface area (Å²) >= 11 is 0.